The highest BCUT2D eigenvalue weighted by atomic mass is 35.5. The van der Waals surface area contributed by atoms with Gasteiger partial charge in [-0.15, -0.1) is 0 Å². The van der Waals surface area contributed by atoms with E-state index in [1.54, 1.807) is 29.3 Å². The minimum Gasteiger partial charge on any atom is -0.317 e. The Kier molecular flexibility index (Phi) is 6.94. The first kappa shape index (κ1) is 25.6. The molecule has 2 amide bonds. The van der Waals surface area contributed by atoms with E-state index in [9.17, 15) is 9.18 Å². The van der Waals surface area contributed by atoms with Gasteiger partial charge in [-0.2, -0.15) is 0 Å². The number of halogens is 2. The molecule has 1 fully saturated rings. The van der Waals surface area contributed by atoms with Crippen LogP contribution in [0, 0.1) is 24.6 Å². The summed E-state index contributed by atoms with van der Waals surface area (Å²) in [6.07, 6.45) is 2.52. The molecule has 37 heavy (non-hydrogen) atoms. The Labute approximate surface area is 222 Å². The van der Waals surface area contributed by atoms with Crippen LogP contribution >= 0.6 is 11.6 Å². The second kappa shape index (κ2) is 10.0. The van der Waals surface area contributed by atoms with Crippen LogP contribution in [0.4, 0.5) is 20.7 Å². The average molecular weight is 522 g/mol. The van der Waals surface area contributed by atoms with Crippen LogP contribution in [-0.2, 0) is 0 Å². The summed E-state index contributed by atoms with van der Waals surface area (Å²) < 4.78 is 14.9. The second-order valence-corrected chi connectivity index (χ2v) is 11.2. The topological polar surface area (TPSA) is 61.4 Å². The van der Waals surface area contributed by atoms with Gasteiger partial charge in [0.1, 0.15) is 17.8 Å². The summed E-state index contributed by atoms with van der Waals surface area (Å²) >= 11 is 6.78. The van der Waals surface area contributed by atoms with E-state index in [1.165, 1.54) is 6.07 Å². The number of rotatable bonds is 4. The summed E-state index contributed by atoms with van der Waals surface area (Å²) in [4.78, 5) is 27.3. The summed E-state index contributed by atoms with van der Waals surface area (Å²) in [6.45, 7) is 12.2. The lowest BCUT2D eigenvalue weighted by atomic mass is 9.90. The maximum absolute atomic E-state index is 14.9. The molecule has 4 heterocycles. The summed E-state index contributed by atoms with van der Waals surface area (Å²) in [5.41, 5.74) is 3.80. The summed E-state index contributed by atoms with van der Waals surface area (Å²) in [5, 5.41) is 3.58. The highest BCUT2D eigenvalue weighted by molar-refractivity contribution is 6.33. The lowest BCUT2D eigenvalue weighted by Crippen LogP contribution is -2.53. The first-order valence-electron chi connectivity index (χ1n) is 12.9. The number of piperidine rings is 1. The number of likely N-dealkylation sites (tertiary alicyclic amines) is 1. The van der Waals surface area contributed by atoms with Crippen LogP contribution in [0.5, 0.6) is 0 Å². The molecule has 0 bridgehead atoms. The van der Waals surface area contributed by atoms with Gasteiger partial charge in [-0.25, -0.2) is 19.1 Å². The molecule has 2 aliphatic rings. The first-order valence-corrected chi connectivity index (χ1v) is 13.3. The number of urea groups is 1. The van der Waals surface area contributed by atoms with Gasteiger partial charge < -0.3 is 5.32 Å². The fraction of sp³-hybridized carbons (Fsp3) is 0.414. The van der Waals surface area contributed by atoms with Crippen molar-refractivity contribution in [2.75, 3.05) is 18.0 Å². The molecule has 2 aliphatic heterocycles. The number of hydrogen-bond acceptors (Lipinski definition) is 4. The van der Waals surface area contributed by atoms with E-state index in [2.05, 4.69) is 29.0 Å². The van der Waals surface area contributed by atoms with Gasteiger partial charge in [-0.1, -0.05) is 51.4 Å². The summed E-state index contributed by atoms with van der Waals surface area (Å²) in [5.74, 6) is 1.11. The second-order valence-electron chi connectivity index (χ2n) is 10.8. The van der Waals surface area contributed by atoms with Crippen LogP contribution in [0.3, 0.4) is 0 Å². The molecule has 0 radical (unpaired) electrons. The van der Waals surface area contributed by atoms with E-state index in [1.807, 2.05) is 32.9 Å². The Morgan fingerprint density at radius 2 is 1.84 bits per heavy atom. The van der Waals surface area contributed by atoms with Crippen LogP contribution in [0.2, 0.25) is 5.02 Å². The van der Waals surface area contributed by atoms with Crippen molar-refractivity contribution in [1.29, 1.82) is 0 Å². The number of carbonyl (C=O) groups is 1. The van der Waals surface area contributed by atoms with Gasteiger partial charge >= 0.3 is 6.03 Å². The van der Waals surface area contributed by atoms with Crippen molar-refractivity contribution in [2.24, 2.45) is 11.8 Å². The number of aromatic nitrogens is 2. The highest BCUT2D eigenvalue weighted by Crippen LogP contribution is 2.44. The number of benzene rings is 1. The first-order chi connectivity index (χ1) is 17.7. The van der Waals surface area contributed by atoms with Crippen LogP contribution in [0.1, 0.15) is 63.0 Å². The minimum absolute atomic E-state index is 0.0750. The van der Waals surface area contributed by atoms with Crippen molar-refractivity contribution in [1.82, 2.24) is 20.2 Å². The fourth-order valence-electron chi connectivity index (χ4n) is 5.77. The number of carbonyl (C=O) groups excluding carboxylic acids is 1. The van der Waals surface area contributed by atoms with Crippen molar-refractivity contribution in [3.8, 4) is 11.3 Å². The number of fused-ring (bicyclic) bond motifs is 1. The third-order valence-electron chi connectivity index (χ3n) is 7.27. The number of hydrogen-bond donors (Lipinski definition) is 1. The van der Waals surface area contributed by atoms with Crippen LogP contribution in [0.25, 0.3) is 11.3 Å². The average Bonchev–Trinajstić information content (AvgIpc) is 2.84. The lowest BCUT2D eigenvalue weighted by Gasteiger charge is -2.44. The van der Waals surface area contributed by atoms with Gasteiger partial charge in [0.15, 0.2) is 0 Å². The van der Waals surface area contributed by atoms with Gasteiger partial charge in [0, 0.05) is 30.4 Å². The molecule has 1 unspecified atom stereocenters. The van der Waals surface area contributed by atoms with Crippen molar-refractivity contribution in [3.05, 3.63) is 70.3 Å². The van der Waals surface area contributed by atoms with Crippen molar-refractivity contribution in [2.45, 2.75) is 53.1 Å². The lowest BCUT2D eigenvalue weighted by molar-refractivity contribution is 0.0813. The molecule has 0 saturated carbocycles. The number of nitrogens with one attached hydrogen (secondary N) is 1. The van der Waals surface area contributed by atoms with E-state index in [0.29, 0.717) is 39.6 Å². The molecule has 0 aliphatic carbocycles. The largest absolute Gasteiger partial charge is 0.329 e. The van der Waals surface area contributed by atoms with Crippen LogP contribution in [0.15, 0.2) is 42.6 Å². The normalized spacial score (nSPS) is 22.2. The van der Waals surface area contributed by atoms with E-state index in [4.69, 9.17) is 16.6 Å². The Morgan fingerprint density at radius 1 is 1.14 bits per heavy atom. The van der Waals surface area contributed by atoms with E-state index >= 15 is 0 Å². The Balaban J connectivity index is 1.74. The summed E-state index contributed by atoms with van der Waals surface area (Å²) in [7, 11) is 0. The molecule has 3 aromatic rings. The zero-order valence-corrected chi connectivity index (χ0v) is 22.7. The van der Waals surface area contributed by atoms with Crippen molar-refractivity contribution < 1.29 is 9.18 Å². The summed E-state index contributed by atoms with van der Waals surface area (Å²) in [6, 6.07) is 9.88. The molecule has 2 aromatic heterocycles. The number of anilines is 2. The zero-order valence-electron chi connectivity index (χ0n) is 21.9. The van der Waals surface area contributed by atoms with E-state index in [-0.39, 0.29) is 18.1 Å². The van der Waals surface area contributed by atoms with Crippen LogP contribution < -0.4 is 10.2 Å². The van der Waals surface area contributed by atoms with E-state index in [0.717, 1.165) is 36.3 Å². The molecule has 8 heteroatoms. The SMILES string of the molecule is Cc1ccnc(C(C)C)c1N1C(=O)NC(N2C[C@H](C)C[C@H](C)C2)c2cc(Cl)c(-c3ccccc3F)nc21. The van der Waals surface area contributed by atoms with Gasteiger partial charge in [0.2, 0.25) is 0 Å². The maximum Gasteiger partial charge on any atom is 0.329 e. The highest BCUT2D eigenvalue weighted by Gasteiger charge is 2.40. The zero-order chi connectivity index (χ0) is 26.4. The van der Waals surface area contributed by atoms with E-state index < -0.39 is 5.82 Å². The van der Waals surface area contributed by atoms with Crippen LogP contribution in [-0.4, -0.2) is 34.0 Å². The molecular formula is C29H33ClFN5O. The number of amides is 2. The number of aryl methyl sites for hydroxylation is 1. The molecule has 1 N–H and O–H groups in total. The molecule has 1 saturated heterocycles. The van der Waals surface area contributed by atoms with Crippen molar-refractivity contribution in [3.63, 3.8) is 0 Å². The number of pyridine rings is 2. The molecular weight excluding hydrogens is 489 g/mol. The smallest absolute Gasteiger partial charge is 0.317 e. The Morgan fingerprint density at radius 3 is 2.51 bits per heavy atom. The Bertz CT molecular complexity index is 1340. The monoisotopic (exact) mass is 521 g/mol. The maximum atomic E-state index is 14.9. The molecule has 6 nitrogen and oxygen atoms in total. The third kappa shape index (κ3) is 4.71. The standard InChI is InChI=1S/C29H33ClFN5O/c1-16(2)24-26(19(5)10-11-32-24)36-28-21(13-22(30)25(33-28)20-8-6-7-9-23(20)31)27(34-29(36)37)35-14-17(3)12-18(4)15-35/h6-11,13,16-18,27H,12,14-15H2,1-5H3,(H,34,37)/t17-,18+,27?. The van der Waals surface area contributed by atoms with Gasteiger partial charge in [0.05, 0.1) is 22.1 Å². The molecule has 0 spiro atoms. The predicted octanol–water partition coefficient (Wildman–Crippen LogP) is 7.21. The fourth-order valence-corrected chi connectivity index (χ4v) is 6.04. The minimum atomic E-state index is -0.417. The van der Waals surface area contributed by atoms with Gasteiger partial charge in [-0.05, 0) is 60.9 Å². The molecule has 5 rings (SSSR count). The van der Waals surface area contributed by atoms with Gasteiger partial charge in [-0.3, -0.25) is 9.88 Å². The molecule has 3 atom stereocenters. The Hall–Kier alpha value is -3.03. The molecule has 194 valence electrons. The van der Waals surface area contributed by atoms with Crippen molar-refractivity contribution >= 4 is 29.1 Å². The third-order valence-corrected chi connectivity index (χ3v) is 7.56. The quantitative estimate of drug-likeness (QED) is 0.394. The predicted molar refractivity (Wildman–Crippen MR) is 146 cm³/mol. The molecule has 1 aromatic carbocycles. The van der Waals surface area contributed by atoms with Gasteiger partial charge in [0.25, 0.3) is 0 Å². The number of nitrogens with zero attached hydrogens (tertiary/aromatic N) is 4.